The molecule has 2 atom stereocenters. The summed E-state index contributed by atoms with van der Waals surface area (Å²) in [6, 6.07) is 14.5. The van der Waals surface area contributed by atoms with Gasteiger partial charge in [-0.2, -0.15) is 0 Å². The number of ether oxygens (including phenoxy) is 1. The molecule has 2 aromatic carbocycles. The van der Waals surface area contributed by atoms with Crippen molar-refractivity contribution in [2.45, 2.75) is 25.8 Å². The fourth-order valence-corrected chi connectivity index (χ4v) is 4.16. The Labute approximate surface area is 180 Å². The molecular weight excluding hydrogens is 396 g/mol. The second kappa shape index (κ2) is 8.34. The monoisotopic (exact) mass is 420 g/mol. The van der Waals surface area contributed by atoms with Crippen molar-refractivity contribution < 1.29 is 23.9 Å². The third-order valence-corrected chi connectivity index (χ3v) is 6.07. The summed E-state index contributed by atoms with van der Waals surface area (Å²) in [6.07, 6.45) is 0.337. The second-order valence-corrected chi connectivity index (χ2v) is 8.04. The van der Waals surface area contributed by atoms with Gasteiger partial charge in [0.25, 0.3) is 0 Å². The third-order valence-electron chi connectivity index (χ3n) is 6.07. The molecule has 160 valence electrons. The van der Waals surface area contributed by atoms with Crippen LogP contribution < -0.4 is 4.90 Å². The number of Topliss-reactive ketones (excluding diaryl/α,β-unsaturated/α-hetero) is 1. The normalized spacial score (nSPS) is 18.8. The highest BCUT2D eigenvalue weighted by Crippen LogP contribution is 2.30. The molecule has 1 saturated heterocycles. The molecule has 7 heteroatoms. The van der Waals surface area contributed by atoms with Crippen LogP contribution in [0.4, 0.5) is 5.69 Å². The lowest BCUT2D eigenvalue weighted by molar-refractivity contribution is -0.147. The lowest BCUT2D eigenvalue weighted by atomic mass is 10.1. The number of ketones is 1. The minimum atomic E-state index is -0.585. The molecular formula is C24H24N2O5. The van der Waals surface area contributed by atoms with Gasteiger partial charge in [0.15, 0.2) is 12.4 Å². The molecule has 0 saturated carbocycles. The van der Waals surface area contributed by atoms with E-state index in [1.165, 1.54) is 0 Å². The van der Waals surface area contributed by atoms with Crippen LogP contribution in [0, 0.1) is 5.92 Å². The van der Waals surface area contributed by atoms with Crippen molar-refractivity contribution in [3.63, 3.8) is 0 Å². The van der Waals surface area contributed by atoms with Crippen molar-refractivity contribution in [1.29, 1.82) is 0 Å². The molecule has 0 unspecified atom stereocenters. The Hall–Kier alpha value is -3.48. The van der Waals surface area contributed by atoms with E-state index in [1.807, 2.05) is 37.3 Å². The zero-order valence-electron chi connectivity index (χ0n) is 17.5. The Morgan fingerprint density at radius 2 is 1.84 bits per heavy atom. The van der Waals surface area contributed by atoms with E-state index in [2.05, 4.69) is 0 Å². The van der Waals surface area contributed by atoms with Gasteiger partial charge in [0, 0.05) is 31.3 Å². The average molecular weight is 420 g/mol. The first-order chi connectivity index (χ1) is 14.8. The van der Waals surface area contributed by atoms with E-state index < -0.39 is 11.9 Å². The summed E-state index contributed by atoms with van der Waals surface area (Å²) < 4.78 is 5.24. The second-order valence-electron chi connectivity index (χ2n) is 8.04. The summed E-state index contributed by atoms with van der Waals surface area (Å²) in [5.41, 5.74) is 2.98. The van der Waals surface area contributed by atoms with E-state index in [0.29, 0.717) is 5.56 Å². The maximum absolute atomic E-state index is 12.5. The lowest BCUT2D eigenvalue weighted by Gasteiger charge is -2.25. The highest BCUT2D eigenvalue weighted by Gasteiger charge is 2.38. The molecule has 1 fully saturated rings. The molecule has 0 N–H and O–H groups in total. The van der Waals surface area contributed by atoms with E-state index in [9.17, 15) is 19.2 Å². The van der Waals surface area contributed by atoms with Crippen molar-refractivity contribution in [2.75, 3.05) is 25.1 Å². The smallest absolute Gasteiger partial charge is 0.311 e. The predicted molar refractivity (Wildman–Crippen MR) is 114 cm³/mol. The van der Waals surface area contributed by atoms with Gasteiger partial charge in [-0.25, -0.2) is 0 Å². The van der Waals surface area contributed by atoms with E-state index in [4.69, 9.17) is 4.74 Å². The van der Waals surface area contributed by atoms with Crippen molar-refractivity contribution in [1.82, 2.24) is 4.90 Å². The molecule has 0 spiro atoms. The zero-order chi connectivity index (χ0) is 22.1. The molecule has 0 aromatic heterocycles. The first kappa shape index (κ1) is 20.8. The molecule has 7 nitrogen and oxygen atoms in total. The Kier molecular flexibility index (Phi) is 5.59. The number of carbonyl (C=O) groups excluding carboxylic acids is 4. The number of nitrogens with zero attached hydrogens (tertiary/aromatic N) is 2. The molecule has 2 amide bonds. The Morgan fingerprint density at radius 1 is 1.10 bits per heavy atom. The van der Waals surface area contributed by atoms with Crippen LogP contribution in [0.15, 0.2) is 48.5 Å². The van der Waals surface area contributed by atoms with E-state index in [0.717, 1.165) is 16.8 Å². The summed E-state index contributed by atoms with van der Waals surface area (Å²) in [6.45, 7) is 1.82. The van der Waals surface area contributed by atoms with Gasteiger partial charge < -0.3 is 14.5 Å². The van der Waals surface area contributed by atoms with Gasteiger partial charge in [-0.1, -0.05) is 30.3 Å². The molecule has 0 radical (unpaired) electrons. The van der Waals surface area contributed by atoms with Crippen molar-refractivity contribution in [2.24, 2.45) is 5.92 Å². The fourth-order valence-electron chi connectivity index (χ4n) is 4.16. The number of hydrogen-bond acceptors (Lipinski definition) is 5. The van der Waals surface area contributed by atoms with E-state index in [1.54, 1.807) is 35.0 Å². The summed E-state index contributed by atoms with van der Waals surface area (Å²) in [5, 5.41) is 0. The van der Waals surface area contributed by atoms with Crippen LogP contribution >= 0.6 is 0 Å². The zero-order valence-corrected chi connectivity index (χ0v) is 17.5. The molecule has 2 aliphatic heterocycles. The Morgan fingerprint density at radius 3 is 2.58 bits per heavy atom. The van der Waals surface area contributed by atoms with Gasteiger partial charge in [-0.3, -0.25) is 19.2 Å². The van der Waals surface area contributed by atoms with E-state index >= 15 is 0 Å². The van der Waals surface area contributed by atoms with Crippen LogP contribution in [0.2, 0.25) is 0 Å². The number of amides is 2. The van der Waals surface area contributed by atoms with Gasteiger partial charge in [0.2, 0.25) is 11.8 Å². The largest absolute Gasteiger partial charge is 0.457 e. The number of anilines is 1. The quantitative estimate of drug-likeness (QED) is 0.530. The first-order valence-electron chi connectivity index (χ1n) is 10.3. The summed E-state index contributed by atoms with van der Waals surface area (Å²) >= 11 is 0. The summed E-state index contributed by atoms with van der Waals surface area (Å²) in [4.78, 5) is 52.5. The van der Waals surface area contributed by atoms with Gasteiger partial charge in [0.05, 0.1) is 18.4 Å². The SMILES string of the molecule is C[C@@H](c1ccccc1)N1C[C@H](C(=O)OCC(=O)c2ccc3c(c2)CC(=O)N3C)CC1=O. The number of esters is 1. The Balaban J connectivity index is 1.34. The number of hydrogen-bond donors (Lipinski definition) is 0. The number of fused-ring (bicyclic) bond motifs is 1. The van der Waals surface area contributed by atoms with E-state index in [-0.39, 0.29) is 49.6 Å². The lowest BCUT2D eigenvalue weighted by Crippen LogP contribution is -2.30. The van der Waals surface area contributed by atoms with Crippen molar-refractivity contribution in [3.05, 3.63) is 65.2 Å². The summed E-state index contributed by atoms with van der Waals surface area (Å²) in [5.74, 6) is -1.58. The van der Waals surface area contributed by atoms with Crippen LogP contribution in [-0.4, -0.2) is 48.7 Å². The topological polar surface area (TPSA) is 84.0 Å². The molecule has 4 rings (SSSR count). The minimum Gasteiger partial charge on any atom is -0.457 e. The first-order valence-corrected chi connectivity index (χ1v) is 10.3. The molecule has 0 aliphatic carbocycles. The van der Waals surface area contributed by atoms with Gasteiger partial charge in [-0.05, 0) is 36.2 Å². The molecule has 0 bridgehead atoms. The van der Waals surface area contributed by atoms with Crippen LogP contribution in [0.5, 0.6) is 0 Å². The van der Waals surface area contributed by atoms with Crippen LogP contribution in [-0.2, 0) is 25.5 Å². The number of likely N-dealkylation sites (tertiary alicyclic amines) is 1. The highest BCUT2D eigenvalue weighted by molar-refractivity contribution is 6.04. The number of rotatable bonds is 6. The minimum absolute atomic E-state index is 0.0220. The van der Waals surface area contributed by atoms with Crippen LogP contribution in [0.25, 0.3) is 0 Å². The molecule has 31 heavy (non-hydrogen) atoms. The fraction of sp³-hybridized carbons (Fsp3) is 0.333. The van der Waals surface area contributed by atoms with Crippen molar-refractivity contribution in [3.8, 4) is 0 Å². The maximum atomic E-state index is 12.5. The van der Waals surface area contributed by atoms with Crippen LogP contribution in [0.3, 0.4) is 0 Å². The molecule has 2 heterocycles. The molecule has 2 aliphatic rings. The van der Waals surface area contributed by atoms with Gasteiger partial charge >= 0.3 is 5.97 Å². The highest BCUT2D eigenvalue weighted by atomic mass is 16.5. The predicted octanol–water partition coefficient (Wildman–Crippen LogP) is 2.54. The maximum Gasteiger partial charge on any atom is 0.311 e. The number of carbonyl (C=O) groups is 4. The van der Waals surface area contributed by atoms with Gasteiger partial charge in [0.1, 0.15) is 0 Å². The van der Waals surface area contributed by atoms with Crippen molar-refractivity contribution >= 4 is 29.3 Å². The number of likely N-dealkylation sites (N-methyl/N-ethyl adjacent to an activating group) is 1. The standard InChI is InChI=1S/C24H24N2O5/c1-15(16-6-4-3-5-7-16)26-13-19(12-23(26)29)24(30)31-14-21(27)17-8-9-20-18(10-17)11-22(28)25(20)2/h3-10,15,19H,11-14H2,1-2H3/t15-,19+/m0/s1. The van der Waals surface area contributed by atoms with Crippen LogP contribution in [0.1, 0.15) is 40.9 Å². The average Bonchev–Trinajstić information content (AvgIpc) is 3.31. The third kappa shape index (κ3) is 4.08. The Bertz CT molecular complexity index is 1050. The summed E-state index contributed by atoms with van der Waals surface area (Å²) in [7, 11) is 1.70. The van der Waals surface area contributed by atoms with Gasteiger partial charge in [-0.15, -0.1) is 0 Å². The molecule has 2 aromatic rings. The number of benzene rings is 2.